The third kappa shape index (κ3) is 3.15. The van der Waals surface area contributed by atoms with Crippen molar-refractivity contribution in [3.05, 3.63) is 55.4 Å². The summed E-state index contributed by atoms with van der Waals surface area (Å²) in [5, 5.41) is 2.25. The summed E-state index contributed by atoms with van der Waals surface area (Å²) in [6, 6.07) is 5.95. The quantitative estimate of drug-likeness (QED) is 0.742. The highest BCUT2D eigenvalue weighted by Crippen LogP contribution is 2.22. The third-order valence-electron chi connectivity index (χ3n) is 2.20. The molecule has 0 unspecified atom stereocenters. The van der Waals surface area contributed by atoms with E-state index in [0.717, 1.165) is 4.47 Å². The van der Waals surface area contributed by atoms with E-state index in [1.54, 1.807) is 6.07 Å². The lowest BCUT2D eigenvalue weighted by atomic mass is 10.1. The molecule has 2 rings (SSSR count). The molecule has 1 heterocycles. The highest BCUT2D eigenvalue weighted by molar-refractivity contribution is 9.10. The van der Waals surface area contributed by atoms with Crippen molar-refractivity contribution in [3.63, 3.8) is 0 Å². The fourth-order valence-electron chi connectivity index (χ4n) is 1.40. The Kier molecular flexibility index (Phi) is 3.97. The molecule has 0 aliphatic carbocycles. The van der Waals surface area contributed by atoms with Crippen LogP contribution in [0.2, 0.25) is 5.02 Å². The number of rotatable bonds is 3. The lowest BCUT2D eigenvalue weighted by molar-refractivity contribution is 0.0995. The highest BCUT2D eigenvalue weighted by Gasteiger charge is 2.12. The van der Waals surface area contributed by atoms with Gasteiger partial charge in [0.25, 0.3) is 0 Å². The van der Waals surface area contributed by atoms with Crippen molar-refractivity contribution in [1.29, 1.82) is 0 Å². The van der Waals surface area contributed by atoms with Gasteiger partial charge in [-0.05, 0) is 45.8 Å². The maximum absolute atomic E-state index is 13.4. The monoisotopic (exact) mass is 332 g/mol. The van der Waals surface area contributed by atoms with Crippen LogP contribution < -0.4 is 0 Å². The van der Waals surface area contributed by atoms with E-state index < -0.39 is 5.82 Å². The van der Waals surface area contributed by atoms with Gasteiger partial charge in [-0.3, -0.25) is 4.79 Å². The lowest BCUT2D eigenvalue weighted by Crippen LogP contribution is -2.03. The Morgan fingerprint density at radius 3 is 2.82 bits per heavy atom. The van der Waals surface area contributed by atoms with E-state index in [2.05, 4.69) is 15.9 Å². The molecule has 2 aromatic rings. The first-order valence-corrected chi connectivity index (χ1v) is 6.82. The van der Waals surface area contributed by atoms with Gasteiger partial charge in [0.2, 0.25) is 0 Å². The zero-order valence-electron chi connectivity index (χ0n) is 8.54. The van der Waals surface area contributed by atoms with Crippen molar-refractivity contribution in [2.75, 3.05) is 0 Å². The van der Waals surface area contributed by atoms with Gasteiger partial charge in [-0.25, -0.2) is 4.39 Å². The van der Waals surface area contributed by atoms with E-state index in [1.807, 2.05) is 5.38 Å². The first kappa shape index (κ1) is 12.7. The number of hydrogen-bond donors (Lipinski definition) is 0. The zero-order chi connectivity index (χ0) is 12.4. The minimum Gasteiger partial charge on any atom is -0.293 e. The van der Waals surface area contributed by atoms with Crippen LogP contribution in [0.25, 0.3) is 0 Å². The predicted molar refractivity (Wildman–Crippen MR) is 71.5 cm³/mol. The molecule has 0 bridgehead atoms. The fraction of sp³-hybridized carbons (Fsp3) is 0.0833. The molecule has 1 aromatic carbocycles. The van der Waals surface area contributed by atoms with Crippen LogP contribution in [0.1, 0.15) is 15.2 Å². The standard InChI is InChI=1S/C12H7BrClFOS/c13-8-5-12(17-6-8)11(16)4-7-3-9(14)1-2-10(7)15/h1-3,5-6H,4H2. The van der Waals surface area contributed by atoms with E-state index in [1.165, 1.54) is 29.5 Å². The minimum absolute atomic E-state index is 0.0271. The molecule has 5 heteroatoms. The molecule has 0 N–H and O–H groups in total. The average molecular weight is 334 g/mol. The van der Waals surface area contributed by atoms with Gasteiger partial charge in [-0.15, -0.1) is 11.3 Å². The number of halogens is 3. The summed E-state index contributed by atoms with van der Waals surface area (Å²) in [5.74, 6) is -0.514. The Labute approximate surface area is 115 Å². The van der Waals surface area contributed by atoms with Crippen LogP contribution in [0.5, 0.6) is 0 Å². The van der Waals surface area contributed by atoms with Gasteiger partial charge in [0.05, 0.1) is 4.88 Å². The molecule has 1 nitrogen and oxygen atoms in total. The summed E-state index contributed by atoms with van der Waals surface area (Å²) < 4.78 is 14.3. The third-order valence-corrected chi connectivity index (χ3v) is 4.17. The molecule has 0 saturated heterocycles. The predicted octanol–water partition coefficient (Wildman–Crippen LogP) is 4.73. The number of ketones is 1. The molecule has 0 saturated carbocycles. The van der Waals surface area contributed by atoms with Crippen molar-refractivity contribution in [2.45, 2.75) is 6.42 Å². The Hall–Kier alpha value is -0.710. The second kappa shape index (κ2) is 5.29. The normalized spacial score (nSPS) is 10.5. The molecule has 0 radical (unpaired) electrons. The van der Waals surface area contributed by atoms with Gasteiger partial charge in [0.15, 0.2) is 5.78 Å². The van der Waals surface area contributed by atoms with Crippen LogP contribution >= 0.6 is 38.9 Å². The van der Waals surface area contributed by atoms with Crippen LogP contribution in [0.4, 0.5) is 4.39 Å². The van der Waals surface area contributed by atoms with Gasteiger partial charge in [-0.1, -0.05) is 11.6 Å². The van der Waals surface area contributed by atoms with Gasteiger partial charge < -0.3 is 0 Å². The minimum atomic E-state index is -0.404. The number of carbonyl (C=O) groups excluding carboxylic acids is 1. The molecular weight excluding hydrogens is 327 g/mol. The van der Waals surface area contributed by atoms with Gasteiger partial charge in [0.1, 0.15) is 5.82 Å². The van der Waals surface area contributed by atoms with Crippen LogP contribution in [-0.2, 0) is 6.42 Å². The summed E-state index contributed by atoms with van der Waals surface area (Å²) in [5.41, 5.74) is 0.326. The Bertz CT molecular complexity index is 567. The van der Waals surface area contributed by atoms with Crippen molar-refractivity contribution in [3.8, 4) is 0 Å². The number of Topliss-reactive ketones (excluding diaryl/α,β-unsaturated/α-hetero) is 1. The van der Waals surface area contributed by atoms with E-state index in [-0.39, 0.29) is 12.2 Å². The van der Waals surface area contributed by atoms with Crippen LogP contribution in [-0.4, -0.2) is 5.78 Å². The molecule has 0 spiro atoms. The molecule has 88 valence electrons. The second-order valence-corrected chi connectivity index (χ2v) is 5.73. The number of hydrogen-bond acceptors (Lipinski definition) is 2. The number of carbonyl (C=O) groups is 1. The highest BCUT2D eigenvalue weighted by atomic mass is 79.9. The molecule has 0 amide bonds. The van der Waals surface area contributed by atoms with E-state index in [0.29, 0.717) is 15.5 Å². The van der Waals surface area contributed by atoms with E-state index in [9.17, 15) is 9.18 Å². The van der Waals surface area contributed by atoms with Gasteiger partial charge in [0, 0.05) is 21.3 Å². The van der Waals surface area contributed by atoms with Crippen molar-refractivity contribution in [2.24, 2.45) is 0 Å². The first-order valence-electron chi connectivity index (χ1n) is 4.77. The summed E-state index contributed by atoms with van der Waals surface area (Å²) in [7, 11) is 0. The topological polar surface area (TPSA) is 17.1 Å². The molecule has 1 aromatic heterocycles. The summed E-state index contributed by atoms with van der Waals surface area (Å²) in [6.07, 6.45) is 0.0271. The zero-order valence-corrected chi connectivity index (χ0v) is 11.7. The Morgan fingerprint density at radius 1 is 1.41 bits per heavy atom. The van der Waals surface area contributed by atoms with Gasteiger partial charge in [-0.2, -0.15) is 0 Å². The molecule has 0 aliphatic heterocycles. The van der Waals surface area contributed by atoms with Crippen LogP contribution in [0.3, 0.4) is 0 Å². The second-order valence-electron chi connectivity index (χ2n) is 3.46. The van der Waals surface area contributed by atoms with Crippen LogP contribution in [0.15, 0.2) is 34.1 Å². The van der Waals surface area contributed by atoms with Crippen molar-refractivity contribution < 1.29 is 9.18 Å². The molecule has 0 atom stereocenters. The number of benzene rings is 1. The van der Waals surface area contributed by atoms with Crippen molar-refractivity contribution in [1.82, 2.24) is 0 Å². The fourth-order valence-corrected chi connectivity index (χ4v) is 2.96. The summed E-state index contributed by atoms with van der Waals surface area (Å²) >= 11 is 10.4. The van der Waals surface area contributed by atoms with E-state index in [4.69, 9.17) is 11.6 Å². The largest absolute Gasteiger partial charge is 0.293 e. The molecule has 0 aliphatic rings. The smallest absolute Gasteiger partial charge is 0.177 e. The Balaban J connectivity index is 2.21. The maximum Gasteiger partial charge on any atom is 0.177 e. The van der Waals surface area contributed by atoms with Gasteiger partial charge >= 0.3 is 0 Å². The molecular formula is C12H7BrClFOS. The maximum atomic E-state index is 13.4. The SMILES string of the molecule is O=C(Cc1cc(Cl)ccc1F)c1cc(Br)cs1. The summed E-state index contributed by atoms with van der Waals surface area (Å²) in [4.78, 5) is 12.5. The molecule has 17 heavy (non-hydrogen) atoms. The summed E-state index contributed by atoms with van der Waals surface area (Å²) in [6.45, 7) is 0. The van der Waals surface area contributed by atoms with E-state index >= 15 is 0 Å². The van der Waals surface area contributed by atoms with Crippen molar-refractivity contribution >= 4 is 44.7 Å². The first-order chi connectivity index (χ1) is 8.06. The number of thiophene rings is 1. The van der Waals surface area contributed by atoms with Crippen LogP contribution in [0, 0.1) is 5.82 Å². The molecule has 0 fully saturated rings. The Morgan fingerprint density at radius 2 is 2.18 bits per heavy atom. The lowest BCUT2D eigenvalue weighted by Gasteiger charge is -2.02. The average Bonchev–Trinajstić information content (AvgIpc) is 2.70.